The predicted molar refractivity (Wildman–Crippen MR) is 124 cm³/mol. The molecule has 0 unspecified atom stereocenters. The van der Waals surface area contributed by atoms with Gasteiger partial charge in [0, 0.05) is 12.3 Å². The molecule has 12 nitrogen and oxygen atoms in total. The number of rotatable bonds is 8. The van der Waals surface area contributed by atoms with E-state index in [0.29, 0.717) is 11.1 Å². The largest absolute Gasteiger partial charge is 0.504 e. The number of aromatic hydroxyl groups is 2. The lowest BCUT2D eigenvalue weighted by Gasteiger charge is -2.39. The lowest BCUT2D eigenvalue weighted by molar-refractivity contribution is -0.277. The van der Waals surface area contributed by atoms with Gasteiger partial charge in [0.2, 0.25) is 6.29 Å². The standard InChI is InChI=1S/C25H30O12/c1-34-18-8-12(2-4-15(18)27)6-14-11-35-24(32)25(14,33)9-13-3-5-17(16(28)7-13)36-23-22(31)21(30)20(29)19(10-26)37-23/h2-5,7-8,14,19-23,26-31,33H,6,9-11H2,1H3/t14-,19-,20-,21+,22-,23-,25-/m0/s1. The first kappa shape index (κ1) is 26.9. The van der Waals surface area contributed by atoms with Crippen LogP contribution in [0.1, 0.15) is 11.1 Å². The number of esters is 1. The van der Waals surface area contributed by atoms with E-state index in [0.717, 1.165) is 0 Å². The third kappa shape index (κ3) is 5.30. The van der Waals surface area contributed by atoms with Crippen LogP contribution >= 0.6 is 0 Å². The Bertz CT molecular complexity index is 1120. The Morgan fingerprint density at radius 2 is 1.70 bits per heavy atom. The average Bonchev–Trinajstić information content (AvgIpc) is 3.14. The average molecular weight is 523 g/mol. The zero-order valence-corrected chi connectivity index (χ0v) is 19.9. The van der Waals surface area contributed by atoms with Crippen LogP contribution in [0.25, 0.3) is 0 Å². The minimum Gasteiger partial charge on any atom is -0.504 e. The molecule has 202 valence electrons. The zero-order chi connectivity index (χ0) is 26.9. The van der Waals surface area contributed by atoms with Gasteiger partial charge in [0.1, 0.15) is 24.4 Å². The number of phenolic OH excluding ortho intramolecular Hbond substituents is 2. The quantitative estimate of drug-likeness (QED) is 0.209. The Hall–Kier alpha value is -3.13. The normalized spacial score (nSPS) is 31.7. The molecule has 0 aromatic heterocycles. The smallest absolute Gasteiger partial charge is 0.338 e. The number of hydrogen-bond acceptors (Lipinski definition) is 12. The van der Waals surface area contributed by atoms with E-state index in [1.807, 2.05) is 0 Å². The maximum absolute atomic E-state index is 12.5. The minimum atomic E-state index is -1.89. The number of ether oxygens (including phenoxy) is 4. The van der Waals surface area contributed by atoms with Gasteiger partial charge in [-0.05, 0) is 41.8 Å². The Morgan fingerprint density at radius 1 is 0.973 bits per heavy atom. The molecule has 0 amide bonds. The Labute approximate surface area is 211 Å². The van der Waals surface area contributed by atoms with Crippen molar-refractivity contribution in [3.8, 4) is 23.0 Å². The highest BCUT2D eigenvalue weighted by atomic mass is 16.7. The summed E-state index contributed by atoms with van der Waals surface area (Å²) in [4.78, 5) is 12.5. The van der Waals surface area contributed by atoms with Crippen LogP contribution in [0.3, 0.4) is 0 Å². The molecule has 4 rings (SSSR count). The molecule has 37 heavy (non-hydrogen) atoms. The van der Waals surface area contributed by atoms with Crippen LogP contribution in [0.5, 0.6) is 23.0 Å². The fraction of sp³-hybridized carbons (Fsp3) is 0.480. The molecule has 2 aliphatic heterocycles. The summed E-state index contributed by atoms with van der Waals surface area (Å²) < 4.78 is 21.0. The van der Waals surface area contributed by atoms with Crippen molar-refractivity contribution in [1.29, 1.82) is 0 Å². The maximum Gasteiger partial charge on any atom is 0.338 e. The summed E-state index contributed by atoms with van der Waals surface area (Å²) >= 11 is 0. The van der Waals surface area contributed by atoms with Crippen LogP contribution in [0.4, 0.5) is 0 Å². The van der Waals surface area contributed by atoms with Crippen molar-refractivity contribution in [3.05, 3.63) is 47.5 Å². The van der Waals surface area contributed by atoms with Crippen molar-refractivity contribution in [1.82, 2.24) is 0 Å². The minimum absolute atomic E-state index is 0.0250. The van der Waals surface area contributed by atoms with Gasteiger partial charge < -0.3 is 54.7 Å². The number of cyclic esters (lactones) is 1. The van der Waals surface area contributed by atoms with E-state index < -0.39 is 60.6 Å². The predicted octanol–water partition coefficient (Wildman–Crippen LogP) is -1.03. The number of aliphatic hydroxyl groups excluding tert-OH is 4. The van der Waals surface area contributed by atoms with Crippen LogP contribution in [0, 0.1) is 5.92 Å². The highest BCUT2D eigenvalue weighted by Crippen LogP contribution is 2.37. The van der Waals surface area contributed by atoms with Gasteiger partial charge in [-0.1, -0.05) is 12.1 Å². The first-order chi connectivity index (χ1) is 17.6. The Morgan fingerprint density at radius 3 is 2.38 bits per heavy atom. The van der Waals surface area contributed by atoms with Crippen LogP contribution in [-0.4, -0.2) is 98.3 Å². The van der Waals surface area contributed by atoms with Gasteiger partial charge in [0.15, 0.2) is 28.6 Å². The number of carbonyl (C=O) groups is 1. The molecule has 0 radical (unpaired) electrons. The molecular formula is C25H30O12. The van der Waals surface area contributed by atoms with Gasteiger partial charge in [-0.2, -0.15) is 0 Å². The fourth-order valence-electron chi connectivity index (χ4n) is 4.56. The van der Waals surface area contributed by atoms with Crippen molar-refractivity contribution in [2.24, 2.45) is 5.92 Å². The van der Waals surface area contributed by atoms with Gasteiger partial charge in [-0.15, -0.1) is 0 Å². The van der Waals surface area contributed by atoms with E-state index in [-0.39, 0.29) is 36.7 Å². The molecule has 2 fully saturated rings. The molecule has 12 heteroatoms. The second kappa shape index (κ2) is 10.7. The lowest BCUT2D eigenvalue weighted by Crippen LogP contribution is -2.60. The first-order valence-corrected chi connectivity index (χ1v) is 11.6. The maximum atomic E-state index is 12.5. The van der Waals surface area contributed by atoms with Crippen molar-refractivity contribution in [2.45, 2.75) is 49.1 Å². The van der Waals surface area contributed by atoms with Crippen molar-refractivity contribution in [3.63, 3.8) is 0 Å². The number of carbonyl (C=O) groups excluding carboxylic acids is 1. The third-order valence-corrected chi connectivity index (χ3v) is 6.76. The fourth-order valence-corrected chi connectivity index (χ4v) is 4.56. The number of aliphatic hydroxyl groups is 5. The molecule has 0 saturated carbocycles. The van der Waals surface area contributed by atoms with Crippen molar-refractivity contribution < 1.29 is 59.5 Å². The number of phenols is 2. The summed E-state index contributed by atoms with van der Waals surface area (Å²) in [7, 11) is 1.41. The molecule has 2 aromatic rings. The highest BCUT2D eigenvalue weighted by Gasteiger charge is 2.51. The van der Waals surface area contributed by atoms with Gasteiger partial charge >= 0.3 is 5.97 Å². The zero-order valence-electron chi connectivity index (χ0n) is 19.9. The third-order valence-electron chi connectivity index (χ3n) is 6.76. The van der Waals surface area contributed by atoms with E-state index >= 15 is 0 Å². The monoisotopic (exact) mass is 522 g/mol. The van der Waals surface area contributed by atoms with Gasteiger partial charge in [-0.25, -0.2) is 4.79 Å². The second-order valence-electron chi connectivity index (χ2n) is 9.22. The number of benzene rings is 2. The molecule has 7 N–H and O–H groups in total. The molecule has 2 aromatic carbocycles. The first-order valence-electron chi connectivity index (χ1n) is 11.6. The molecule has 2 aliphatic rings. The molecule has 0 aliphatic carbocycles. The van der Waals surface area contributed by atoms with Crippen LogP contribution in [-0.2, 0) is 27.1 Å². The summed E-state index contributed by atoms with van der Waals surface area (Å²) in [6.45, 7) is -0.661. The molecule has 7 atom stereocenters. The summed E-state index contributed by atoms with van der Waals surface area (Å²) in [5.74, 6) is -1.75. The van der Waals surface area contributed by atoms with Crippen LogP contribution in [0.15, 0.2) is 36.4 Å². The topological polar surface area (TPSA) is 196 Å². The Kier molecular flexibility index (Phi) is 7.78. The summed E-state index contributed by atoms with van der Waals surface area (Å²) in [6, 6.07) is 8.80. The van der Waals surface area contributed by atoms with Gasteiger partial charge in [-0.3, -0.25) is 0 Å². The second-order valence-corrected chi connectivity index (χ2v) is 9.22. The molecule has 2 saturated heterocycles. The van der Waals surface area contributed by atoms with E-state index in [4.69, 9.17) is 18.9 Å². The highest BCUT2D eigenvalue weighted by molar-refractivity contribution is 5.82. The van der Waals surface area contributed by atoms with Crippen LogP contribution < -0.4 is 9.47 Å². The van der Waals surface area contributed by atoms with Crippen LogP contribution in [0.2, 0.25) is 0 Å². The van der Waals surface area contributed by atoms with E-state index in [2.05, 4.69) is 0 Å². The molecule has 2 heterocycles. The summed E-state index contributed by atoms with van der Waals surface area (Å²) in [5, 5.41) is 70.9. The SMILES string of the molecule is COc1cc(C[C@H]2COC(=O)[C@]2(O)Cc2ccc(O[C@H]3O[C@@H](CO)[C@H](O)[C@@H](O)[C@@H]3O)c(O)c2)ccc1O. The van der Waals surface area contributed by atoms with Gasteiger partial charge in [0.25, 0.3) is 0 Å². The van der Waals surface area contributed by atoms with E-state index in [1.54, 1.807) is 12.1 Å². The Balaban J connectivity index is 1.48. The molecule has 0 spiro atoms. The summed E-state index contributed by atoms with van der Waals surface area (Å²) in [6.07, 6.45) is -7.47. The van der Waals surface area contributed by atoms with Gasteiger partial charge in [0.05, 0.1) is 20.3 Å². The van der Waals surface area contributed by atoms with E-state index in [1.165, 1.54) is 31.4 Å². The number of hydrogen-bond donors (Lipinski definition) is 7. The summed E-state index contributed by atoms with van der Waals surface area (Å²) in [5.41, 5.74) is -0.798. The lowest BCUT2D eigenvalue weighted by atomic mass is 9.81. The van der Waals surface area contributed by atoms with E-state index in [9.17, 15) is 40.5 Å². The number of methoxy groups -OCH3 is 1. The van der Waals surface area contributed by atoms with Crippen molar-refractivity contribution in [2.75, 3.05) is 20.3 Å². The molecular weight excluding hydrogens is 492 g/mol. The molecule has 0 bridgehead atoms. The van der Waals surface area contributed by atoms with Crippen molar-refractivity contribution >= 4 is 5.97 Å².